The zero-order chi connectivity index (χ0) is 13.3. The lowest BCUT2D eigenvalue weighted by Gasteiger charge is -2.48. The van der Waals surface area contributed by atoms with Crippen LogP contribution in [-0.2, 0) is 19.0 Å². The number of methoxy groups -OCH3 is 1. The van der Waals surface area contributed by atoms with Gasteiger partial charge in [-0.15, -0.1) is 12.3 Å². The summed E-state index contributed by atoms with van der Waals surface area (Å²) in [6, 6.07) is -0.0994. The Hall–Kier alpha value is -1.09. The zero-order valence-electron chi connectivity index (χ0n) is 11.0. The van der Waals surface area contributed by atoms with E-state index in [0.29, 0.717) is 19.6 Å². The molecule has 0 saturated carbocycles. The van der Waals surface area contributed by atoms with Crippen LogP contribution >= 0.6 is 0 Å². The summed E-state index contributed by atoms with van der Waals surface area (Å²) in [6.07, 6.45) is 5.18. The Morgan fingerprint density at radius 1 is 1.61 bits per heavy atom. The van der Waals surface area contributed by atoms with Gasteiger partial charge in [-0.05, 0) is 13.8 Å². The van der Waals surface area contributed by atoms with E-state index in [9.17, 15) is 4.79 Å². The third-order valence-electron chi connectivity index (χ3n) is 3.36. The fourth-order valence-electron chi connectivity index (χ4n) is 2.50. The van der Waals surface area contributed by atoms with Crippen molar-refractivity contribution >= 4 is 5.91 Å². The van der Waals surface area contributed by atoms with Crippen LogP contribution in [0.4, 0.5) is 0 Å². The molecule has 0 aromatic rings. The van der Waals surface area contributed by atoms with Crippen LogP contribution in [-0.4, -0.2) is 55.1 Å². The minimum Gasteiger partial charge on any atom is -0.369 e. The maximum Gasteiger partial charge on any atom is 0.254 e. The monoisotopic (exact) mass is 253 g/mol. The molecule has 0 radical (unpaired) electrons. The SMILES string of the molecule is C#CCCN1C(=O)[C@H](OC)[C@@H]1[C@H]1COC(C)(C)O1. The minimum atomic E-state index is -0.598. The highest BCUT2D eigenvalue weighted by molar-refractivity contribution is 5.88. The molecule has 2 saturated heterocycles. The van der Waals surface area contributed by atoms with E-state index in [0.717, 1.165) is 0 Å². The van der Waals surface area contributed by atoms with Crippen LogP contribution in [0.15, 0.2) is 0 Å². The number of carbonyl (C=O) groups is 1. The number of rotatable bonds is 4. The van der Waals surface area contributed by atoms with Crippen LogP contribution in [0, 0.1) is 12.3 Å². The summed E-state index contributed by atoms with van der Waals surface area (Å²) in [5.41, 5.74) is 0. The maximum absolute atomic E-state index is 11.9. The van der Waals surface area contributed by atoms with Crippen molar-refractivity contribution in [1.82, 2.24) is 4.90 Å². The van der Waals surface area contributed by atoms with Gasteiger partial charge in [-0.2, -0.15) is 0 Å². The van der Waals surface area contributed by atoms with Gasteiger partial charge in [0.1, 0.15) is 6.10 Å². The van der Waals surface area contributed by atoms with Gasteiger partial charge in [-0.1, -0.05) is 0 Å². The van der Waals surface area contributed by atoms with Crippen LogP contribution in [0.3, 0.4) is 0 Å². The fourth-order valence-corrected chi connectivity index (χ4v) is 2.50. The third-order valence-corrected chi connectivity index (χ3v) is 3.36. The fraction of sp³-hybridized carbons (Fsp3) is 0.769. The van der Waals surface area contributed by atoms with Gasteiger partial charge in [0.25, 0.3) is 5.91 Å². The smallest absolute Gasteiger partial charge is 0.254 e. The highest BCUT2D eigenvalue weighted by Crippen LogP contribution is 2.33. The lowest BCUT2D eigenvalue weighted by molar-refractivity contribution is -0.192. The van der Waals surface area contributed by atoms with Crippen molar-refractivity contribution in [3.05, 3.63) is 0 Å². The molecule has 0 N–H and O–H groups in total. The molecule has 2 heterocycles. The van der Waals surface area contributed by atoms with Crippen LogP contribution in [0.2, 0.25) is 0 Å². The summed E-state index contributed by atoms with van der Waals surface area (Å²) in [7, 11) is 1.54. The van der Waals surface area contributed by atoms with Crippen LogP contribution in [0.25, 0.3) is 0 Å². The number of terminal acetylenes is 1. The molecule has 5 nitrogen and oxygen atoms in total. The second-order valence-corrected chi connectivity index (χ2v) is 5.00. The zero-order valence-corrected chi connectivity index (χ0v) is 11.0. The predicted molar refractivity (Wildman–Crippen MR) is 64.7 cm³/mol. The number of carbonyl (C=O) groups excluding carboxylic acids is 1. The molecule has 100 valence electrons. The normalized spacial score (nSPS) is 34.2. The molecule has 2 aliphatic heterocycles. The number of β-lactam (4-membered cyclic amide) rings is 1. The van der Waals surface area contributed by atoms with Gasteiger partial charge in [-0.3, -0.25) is 4.79 Å². The largest absolute Gasteiger partial charge is 0.369 e. The average molecular weight is 253 g/mol. The maximum atomic E-state index is 11.9. The molecule has 0 bridgehead atoms. The van der Waals surface area contributed by atoms with Crippen molar-refractivity contribution in [2.75, 3.05) is 20.3 Å². The van der Waals surface area contributed by atoms with Crippen molar-refractivity contribution in [2.24, 2.45) is 0 Å². The Labute approximate surface area is 107 Å². The van der Waals surface area contributed by atoms with Crippen LogP contribution in [0.1, 0.15) is 20.3 Å². The molecule has 0 unspecified atom stereocenters. The van der Waals surface area contributed by atoms with Crippen molar-refractivity contribution in [3.63, 3.8) is 0 Å². The third kappa shape index (κ3) is 2.24. The van der Waals surface area contributed by atoms with E-state index in [1.807, 2.05) is 13.8 Å². The quantitative estimate of drug-likeness (QED) is 0.537. The molecule has 1 amide bonds. The van der Waals surface area contributed by atoms with E-state index in [1.165, 1.54) is 7.11 Å². The molecule has 2 fully saturated rings. The second kappa shape index (κ2) is 4.88. The summed E-state index contributed by atoms with van der Waals surface area (Å²) >= 11 is 0. The first-order valence-corrected chi connectivity index (χ1v) is 6.08. The van der Waals surface area contributed by atoms with E-state index in [2.05, 4.69) is 5.92 Å². The van der Waals surface area contributed by atoms with E-state index < -0.39 is 11.9 Å². The van der Waals surface area contributed by atoms with Gasteiger partial charge in [0.15, 0.2) is 11.9 Å². The Kier molecular flexibility index (Phi) is 3.62. The van der Waals surface area contributed by atoms with E-state index in [-0.39, 0.29) is 18.1 Å². The topological polar surface area (TPSA) is 48.0 Å². The average Bonchev–Trinajstić information content (AvgIpc) is 2.66. The molecule has 3 atom stereocenters. The molecule has 5 heteroatoms. The number of likely N-dealkylation sites (tertiary alicyclic amines) is 1. The summed E-state index contributed by atoms with van der Waals surface area (Å²) in [4.78, 5) is 13.6. The number of amides is 1. The van der Waals surface area contributed by atoms with E-state index in [1.54, 1.807) is 4.90 Å². The summed E-state index contributed by atoms with van der Waals surface area (Å²) in [6.45, 7) is 4.74. The number of ether oxygens (including phenoxy) is 3. The molecule has 0 spiro atoms. The molecule has 2 aliphatic rings. The van der Waals surface area contributed by atoms with Crippen molar-refractivity contribution < 1.29 is 19.0 Å². The standard InChI is InChI=1S/C13H19NO4/c1-5-6-7-14-10(11(16-4)12(14)15)9-8-17-13(2,3)18-9/h1,9-11H,6-8H2,2-4H3/t9-,10+,11-/m1/s1. The first-order chi connectivity index (χ1) is 8.50. The molecular weight excluding hydrogens is 234 g/mol. The Bertz CT molecular complexity index is 374. The molecule has 0 aliphatic carbocycles. The van der Waals surface area contributed by atoms with Gasteiger partial charge in [-0.25, -0.2) is 0 Å². The summed E-state index contributed by atoms with van der Waals surface area (Å²) in [5, 5.41) is 0. The summed E-state index contributed by atoms with van der Waals surface area (Å²) in [5.74, 6) is 1.92. The number of hydrogen-bond donors (Lipinski definition) is 0. The predicted octanol–water partition coefficient (Wildman–Crippen LogP) is 0.387. The Morgan fingerprint density at radius 3 is 2.83 bits per heavy atom. The van der Waals surface area contributed by atoms with Gasteiger partial charge in [0.2, 0.25) is 0 Å². The molecular formula is C13H19NO4. The highest BCUT2D eigenvalue weighted by Gasteiger charge is 2.54. The van der Waals surface area contributed by atoms with Crippen molar-refractivity contribution in [3.8, 4) is 12.3 Å². The lowest BCUT2D eigenvalue weighted by Crippen LogP contribution is -2.70. The number of nitrogens with zero attached hydrogens (tertiary/aromatic N) is 1. The van der Waals surface area contributed by atoms with E-state index in [4.69, 9.17) is 20.6 Å². The van der Waals surface area contributed by atoms with Crippen molar-refractivity contribution in [1.29, 1.82) is 0 Å². The Balaban J connectivity index is 2.04. The first kappa shape index (κ1) is 13.3. The molecule has 0 aromatic carbocycles. The minimum absolute atomic E-state index is 0.0222. The Morgan fingerprint density at radius 2 is 2.33 bits per heavy atom. The van der Waals surface area contributed by atoms with Gasteiger partial charge in [0, 0.05) is 20.1 Å². The second-order valence-electron chi connectivity index (χ2n) is 5.00. The molecule has 0 aromatic heterocycles. The van der Waals surface area contributed by atoms with E-state index >= 15 is 0 Å². The van der Waals surface area contributed by atoms with Gasteiger partial charge < -0.3 is 19.1 Å². The van der Waals surface area contributed by atoms with Gasteiger partial charge >= 0.3 is 0 Å². The lowest BCUT2D eigenvalue weighted by atomic mass is 9.92. The molecule has 2 rings (SSSR count). The van der Waals surface area contributed by atoms with Crippen LogP contribution < -0.4 is 0 Å². The van der Waals surface area contributed by atoms with Gasteiger partial charge in [0.05, 0.1) is 12.6 Å². The first-order valence-electron chi connectivity index (χ1n) is 6.08. The number of hydrogen-bond acceptors (Lipinski definition) is 4. The van der Waals surface area contributed by atoms with Crippen LogP contribution in [0.5, 0.6) is 0 Å². The molecule has 18 heavy (non-hydrogen) atoms. The highest BCUT2D eigenvalue weighted by atomic mass is 16.7. The summed E-state index contributed by atoms with van der Waals surface area (Å²) < 4.78 is 16.6. The van der Waals surface area contributed by atoms with Crippen molar-refractivity contribution in [2.45, 2.75) is 44.3 Å².